The quantitative estimate of drug-likeness (QED) is 0.876. The van der Waals surface area contributed by atoms with Gasteiger partial charge in [-0.15, -0.1) is 11.3 Å². The Morgan fingerprint density at radius 1 is 1.56 bits per heavy atom. The molecule has 1 aliphatic rings. The molecule has 3 nitrogen and oxygen atoms in total. The molecular formula is C12H21N3S. The summed E-state index contributed by atoms with van der Waals surface area (Å²) in [5.74, 6) is 0. The maximum absolute atomic E-state index is 5.57. The summed E-state index contributed by atoms with van der Waals surface area (Å²) in [6, 6.07) is 0.565. The van der Waals surface area contributed by atoms with Gasteiger partial charge in [-0.2, -0.15) is 0 Å². The Bertz CT molecular complexity index is 324. The zero-order valence-electron chi connectivity index (χ0n) is 9.98. The number of likely N-dealkylation sites (tertiary alicyclic amines) is 1. The highest BCUT2D eigenvalue weighted by molar-refractivity contribution is 7.11. The summed E-state index contributed by atoms with van der Waals surface area (Å²) in [6.07, 6.45) is 6.92. The molecule has 1 aromatic heterocycles. The number of hydrogen-bond donors (Lipinski definition) is 1. The van der Waals surface area contributed by atoms with Gasteiger partial charge in [-0.1, -0.05) is 13.3 Å². The number of nitrogens with zero attached hydrogens (tertiary/aromatic N) is 2. The zero-order chi connectivity index (χ0) is 11.4. The average Bonchev–Trinajstić information content (AvgIpc) is 2.78. The second-order valence-electron chi connectivity index (χ2n) is 4.34. The van der Waals surface area contributed by atoms with Crippen LogP contribution < -0.4 is 5.73 Å². The lowest BCUT2D eigenvalue weighted by Crippen LogP contribution is -2.32. The van der Waals surface area contributed by atoms with Crippen LogP contribution in [0.2, 0.25) is 0 Å². The Morgan fingerprint density at radius 2 is 2.44 bits per heavy atom. The molecule has 0 amide bonds. The Labute approximate surface area is 102 Å². The third kappa shape index (κ3) is 2.62. The van der Waals surface area contributed by atoms with Crippen molar-refractivity contribution in [3.8, 4) is 0 Å². The minimum Gasteiger partial charge on any atom is -0.330 e. The molecule has 2 heterocycles. The van der Waals surface area contributed by atoms with Gasteiger partial charge in [0.1, 0.15) is 5.01 Å². The standard InChI is InChI=1S/C12H21N3S/c1-2-15-8-4-3-5-11(15)12-14-9-10(16-12)6-7-13/h9,11H,2-8,13H2,1H3. The number of hydrogen-bond acceptors (Lipinski definition) is 4. The number of nitrogens with two attached hydrogens (primary N) is 1. The van der Waals surface area contributed by atoms with E-state index in [2.05, 4.69) is 16.8 Å². The van der Waals surface area contributed by atoms with Crippen LogP contribution in [-0.2, 0) is 6.42 Å². The highest BCUT2D eigenvalue weighted by atomic mass is 32.1. The van der Waals surface area contributed by atoms with E-state index in [0.29, 0.717) is 6.04 Å². The van der Waals surface area contributed by atoms with E-state index in [1.165, 1.54) is 35.7 Å². The van der Waals surface area contributed by atoms with Crippen LogP contribution in [0.1, 0.15) is 42.1 Å². The van der Waals surface area contributed by atoms with Crippen LogP contribution in [0.15, 0.2) is 6.20 Å². The number of rotatable bonds is 4. The Kier molecular flexibility index (Phi) is 4.32. The minimum atomic E-state index is 0.565. The normalized spacial score (nSPS) is 22.5. The second-order valence-corrected chi connectivity index (χ2v) is 5.49. The third-order valence-electron chi connectivity index (χ3n) is 3.27. The van der Waals surface area contributed by atoms with Gasteiger partial charge in [-0.05, 0) is 38.9 Å². The van der Waals surface area contributed by atoms with Gasteiger partial charge in [-0.3, -0.25) is 4.90 Å². The number of thiazole rings is 1. The molecule has 1 aromatic rings. The summed E-state index contributed by atoms with van der Waals surface area (Å²) in [5.41, 5.74) is 5.57. The van der Waals surface area contributed by atoms with Crippen molar-refractivity contribution in [3.05, 3.63) is 16.1 Å². The molecule has 2 rings (SSSR count). The SMILES string of the molecule is CCN1CCCCC1c1ncc(CCN)s1. The van der Waals surface area contributed by atoms with Gasteiger partial charge in [0.25, 0.3) is 0 Å². The van der Waals surface area contributed by atoms with E-state index in [0.717, 1.165) is 19.5 Å². The summed E-state index contributed by atoms with van der Waals surface area (Å²) in [6.45, 7) is 5.33. The van der Waals surface area contributed by atoms with E-state index < -0.39 is 0 Å². The van der Waals surface area contributed by atoms with E-state index in [1.807, 2.05) is 17.5 Å². The van der Waals surface area contributed by atoms with Crippen molar-refractivity contribution in [1.29, 1.82) is 0 Å². The monoisotopic (exact) mass is 239 g/mol. The zero-order valence-corrected chi connectivity index (χ0v) is 10.8. The molecule has 0 saturated carbocycles. The Hall–Kier alpha value is -0.450. The number of aromatic nitrogens is 1. The highest BCUT2D eigenvalue weighted by Crippen LogP contribution is 2.32. The lowest BCUT2D eigenvalue weighted by Gasteiger charge is -2.33. The first kappa shape index (κ1) is 12.0. The lowest BCUT2D eigenvalue weighted by molar-refractivity contribution is 0.157. The molecule has 0 spiro atoms. The molecule has 2 N–H and O–H groups in total. The predicted molar refractivity (Wildman–Crippen MR) is 68.7 cm³/mol. The van der Waals surface area contributed by atoms with Crippen molar-refractivity contribution < 1.29 is 0 Å². The molecule has 1 atom stereocenters. The van der Waals surface area contributed by atoms with Crippen molar-refractivity contribution >= 4 is 11.3 Å². The second kappa shape index (κ2) is 5.75. The summed E-state index contributed by atoms with van der Waals surface area (Å²) in [4.78, 5) is 8.46. The van der Waals surface area contributed by atoms with Crippen LogP contribution in [0.5, 0.6) is 0 Å². The van der Waals surface area contributed by atoms with Crippen LogP contribution in [0.25, 0.3) is 0 Å². The van der Waals surface area contributed by atoms with Crippen molar-refractivity contribution in [2.75, 3.05) is 19.6 Å². The first-order valence-electron chi connectivity index (χ1n) is 6.24. The van der Waals surface area contributed by atoms with Crippen molar-refractivity contribution in [1.82, 2.24) is 9.88 Å². The molecule has 1 aliphatic heterocycles. The smallest absolute Gasteiger partial charge is 0.110 e. The Balaban J connectivity index is 2.08. The van der Waals surface area contributed by atoms with Gasteiger partial charge < -0.3 is 5.73 Å². The maximum atomic E-state index is 5.57. The molecule has 90 valence electrons. The fourth-order valence-corrected chi connectivity index (χ4v) is 3.49. The van der Waals surface area contributed by atoms with Crippen LogP contribution >= 0.6 is 11.3 Å². The van der Waals surface area contributed by atoms with E-state index >= 15 is 0 Å². The minimum absolute atomic E-state index is 0.565. The van der Waals surface area contributed by atoms with Gasteiger partial charge in [0, 0.05) is 11.1 Å². The van der Waals surface area contributed by atoms with E-state index in [4.69, 9.17) is 5.73 Å². The lowest BCUT2D eigenvalue weighted by atomic mass is 10.0. The van der Waals surface area contributed by atoms with Gasteiger partial charge in [0.05, 0.1) is 6.04 Å². The first-order chi connectivity index (χ1) is 7.85. The van der Waals surface area contributed by atoms with E-state index in [1.54, 1.807) is 0 Å². The highest BCUT2D eigenvalue weighted by Gasteiger charge is 2.24. The van der Waals surface area contributed by atoms with Gasteiger partial charge in [0.15, 0.2) is 0 Å². The largest absolute Gasteiger partial charge is 0.330 e. The van der Waals surface area contributed by atoms with Gasteiger partial charge >= 0.3 is 0 Å². The molecule has 1 saturated heterocycles. The Morgan fingerprint density at radius 3 is 3.19 bits per heavy atom. The molecule has 0 bridgehead atoms. The van der Waals surface area contributed by atoms with Crippen molar-refractivity contribution in [3.63, 3.8) is 0 Å². The molecule has 4 heteroatoms. The maximum Gasteiger partial charge on any atom is 0.110 e. The van der Waals surface area contributed by atoms with E-state index in [9.17, 15) is 0 Å². The summed E-state index contributed by atoms with van der Waals surface area (Å²) in [5, 5.41) is 1.30. The van der Waals surface area contributed by atoms with Crippen LogP contribution in [0.3, 0.4) is 0 Å². The van der Waals surface area contributed by atoms with Crippen molar-refractivity contribution in [2.24, 2.45) is 5.73 Å². The molecule has 16 heavy (non-hydrogen) atoms. The van der Waals surface area contributed by atoms with Crippen LogP contribution in [-0.4, -0.2) is 29.5 Å². The average molecular weight is 239 g/mol. The summed E-state index contributed by atoms with van der Waals surface area (Å²) >= 11 is 1.85. The van der Waals surface area contributed by atoms with Gasteiger partial charge in [-0.25, -0.2) is 4.98 Å². The fourth-order valence-electron chi connectivity index (χ4n) is 2.38. The molecular weight excluding hydrogens is 218 g/mol. The van der Waals surface area contributed by atoms with Crippen LogP contribution in [0.4, 0.5) is 0 Å². The molecule has 1 fully saturated rings. The molecule has 1 unspecified atom stereocenters. The van der Waals surface area contributed by atoms with Gasteiger partial charge in [0.2, 0.25) is 0 Å². The van der Waals surface area contributed by atoms with E-state index in [-0.39, 0.29) is 0 Å². The summed E-state index contributed by atoms with van der Waals surface area (Å²) in [7, 11) is 0. The van der Waals surface area contributed by atoms with Crippen LogP contribution in [0, 0.1) is 0 Å². The fraction of sp³-hybridized carbons (Fsp3) is 0.750. The number of piperidine rings is 1. The first-order valence-corrected chi connectivity index (χ1v) is 7.05. The molecule has 0 aromatic carbocycles. The molecule has 0 radical (unpaired) electrons. The van der Waals surface area contributed by atoms with Crippen molar-refractivity contribution in [2.45, 2.75) is 38.6 Å². The topological polar surface area (TPSA) is 42.2 Å². The molecule has 0 aliphatic carbocycles. The predicted octanol–water partition coefficient (Wildman–Crippen LogP) is 2.19. The summed E-state index contributed by atoms with van der Waals surface area (Å²) < 4.78 is 0. The third-order valence-corrected chi connectivity index (χ3v) is 4.43.